The number of aromatic nitrogens is 4. The largest absolute Gasteiger partial charge is 0.469 e. The zero-order valence-corrected chi connectivity index (χ0v) is 31.9. The van der Waals surface area contributed by atoms with E-state index in [1.807, 2.05) is 45.9 Å². The number of rotatable bonds is 9. The van der Waals surface area contributed by atoms with Crippen LogP contribution in [0.4, 0.5) is 13.2 Å². The van der Waals surface area contributed by atoms with Crippen LogP contribution in [0.25, 0.3) is 55.5 Å². The number of ether oxygens (including phenoxy) is 2. The van der Waals surface area contributed by atoms with Crippen LogP contribution in [0.1, 0.15) is 104 Å². The van der Waals surface area contributed by atoms with Gasteiger partial charge in [-0.3, -0.25) is 9.59 Å². The zero-order valence-electron chi connectivity index (χ0n) is 31.9. The number of nitrogens with zero attached hydrogens (tertiary/aromatic N) is 2. The van der Waals surface area contributed by atoms with Gasteiger partial charge in [0, 0.05) is 40.5 Å². The van der Waals surface area contributed by atoms with Gasteiger partial charge >= 0.3 is 18.1 Å². The number of hydrogen-bond donors (Lipinski definition) is 2. The van der Waals surface area contributed by atoms with Gasteiger partial charge in [-0.05, 0) is 134 Å². The highest BCUT2D eigenvalue weighted by molar-refractivity contribution is 6.02. The van der Waals surface area contributed by atoms with Crippen LogP contribution >= 0.6 is 0 Å². The third-order valence-electron chi connectivity index (χ3n) is 10.8. The lowest BCUT2D eigenvalue weighted by atomic mass is 9.91. The Morgan fingerprint density at radius 1 is 0.667 bits per heavy atom. The fourth-order valence-corrected chi connectivity index (χ4v) is 7.59. The molecule has 0 amide bonds. The Bertz CT molecular complexity index is 2260. The topological polar surface area (TPSA) is 110 Å². The van der Waals surface area contributed by atoms with Crippen molar-refractivity contribution in [1.82, 2.24) is 19.9 Å². The predicted molar refractivity (Wildman–Crippen MR) is 207 cm³/mol. The minimum atomic E-state index is -4.48. The van der Waals surface area contributed by atoms with E-state index in [9.17, 15) is 22.8 Å². The Morgan fingerprint density at radius 3 is 1.46 bits per heavy atom. The van der Waals surface area contributed by atoms with Crippen molar-refractivity contribution in [2.24, 2.45) is 0 Å². The van der Waals surface area contributed by atoms with E-state index in [1.54, 1.807) is 0 Å². The number of alkyl halides is 3. The Labute approximate surface area is 312 Å². The summed E-state index contributed by atoms with van der Waals surface area (Å²) in [7, 11) is 2.74. The van der Waals surface area contributed by atoms with E-state index in [-0.39, 0.29) is 24.8 Å². The van der Waals surface area contributed by atoms with Crippen LogP contribution in [0, 0.1) is 13.8 Å². The van der Waals surface area contributed by atoms with Crippen LogP contribution in [0.3, 0.4) is 0 Å². The number of hydrogen-bond acceptors (Lipinski definition) is 6. The molecule has 0 fully saturated rings. The van der Waals surface area contributed by atoms with Gasteiger partial charge in [-0.1, -0.05) is 26.0 Å². The first-order valence-corrected chi connectivity index (χ1v) is 18.2. The highest BCUT2D eigenvalue weighted by atomic mass is 19.4. The Kier molecular flexibility index (Phi) is 10.7. The maximum Gasteiger partial charge on any atom is 0.416 e. The molecule has 0 radical (unpaired) electrons. The molecule has 8 bridgehead atoms. The summed E-state index contributed by atoms with van der Waals surface area (Å²) in [4.78, 5) is 42.3. The highest BCUT2D eigenvalue weighted by Gasteiger charge is 2.31. The van der Waals surface area contributed by atoms with Gasteiger partial charge in [-0.2, -0.15) is 13.2 Å². The molecule has 5 heterocycles. The number of aromatic amines is 2. The van der Waals surface area contributed by atoms with E-state index < -0.39 is 11.7 Å². The molecule has 0 aliphatic carbocycles. The molecular formula is C43H45F3N4O4. The minimum absolute atomic E-state index is 0.181. The fraction of sp³-hybridized carbons (Fsp3) is 0.349. The summed E-state index contributed by atoms with van der Waals surface area (Å²) in [6.45, 7) is 12.1. The van der Waals surface area contributed by atoms with Crippen molar-refractivity contribution in [2.75, 3.05) is 14.2 Å². The number of halogens is 3. The van der Waals surface area contributed by atoms with Gasteiger partial charge in [0.05, 0.1) is 42.6 Å². The number of H-pyrrole nitrogens is 2. The van der Waals surface area contributed by atoms with Crippen molar-refractivity contribution in [1.29, 1.82) is 0 Å². The van der Waals surface area contributed by atoms with E-state index in [0.717, 1.165) is 90.1 Å². The van der Waals surface area contributed by atoms with Gasteiger partial charge in [0.2, 0.25) is 0 Å². The Hall–Kier alpha value is -5.45. The van der Waals surface area contributed by atoms with Crippen LogP contribution in [-0.2, 0) is 38.1 Å². The smallest absolute Gasteiger partial charge is 0.416 e. The van der Waals surface area contributed by atoms with Crippen molar-refractivity contribution in [3.05, 3.63) is 93.1 Å². The monoisotopic (exact) mass is 738 g/mol. The first-order chi connectivity index (χ1) is 25.7. The number of fused-ring (bicyclic) bond motifs is 8. The molecule has 0 spiro atoms. The first kappa shape index (κ1) is 38.3. The maximum absolute atomic E-state index is 13.7. The van der Waals surface area contributed by atoms with Crippen LogP contribution in [-0.4, -0.2) is 46.1 Å². The molecule has 4 aromatic rings. The summed E-state index contributed by atoms with van der Waals surface area (Å²) < 4.78 is 51.2. The van der Waals surface area contributed by atoms with Crippen molar-refractivity contribution in [3.63, 3.8) is 0 Å². The number of allylic oxidation sites excluding steroid dienone is 4. The molecule has 11 heteroatoms. The average molecular weight is 739 g/mol. The summed E-state index contributed by atoms with van der Waals surface area (Å²) in [5, 5.41) is 0. The summed E-state index contributed by atoms with van der Waals surface area (Å²) >= 11 is 0. The standard InChI is InChI=1S/C43H45F3N4O4/c1-9-28-22(3)34-19-32-24(5)30(15-17-38(51)53-7)36(47-32)21-37-31(16-18-39(52)54-8)25(6)33(48-37)20-35-23(4)29(10-2)42(50-35)40(41(28)49-34)26-11-13-27(14-12-26)43(44,45)46/h11-14,19-21,47-48H,9-10,15-18H2,1-8H3. The molecule has 2 N–H and O–H groups in total. The quantitative estimate of drug-likeness (QED) is 0.165. The maximum atomic E-state index is 13.7. The number of benzene rings is 1. The van der Waals surface area contributed by atoms with Crippen molar-refractivity contribution in [2.45, 2.75) is 86.2 Å². The second kappa shape index (κ2) is 15.1. The lowest BCUT2D eigenvalue weighted by Crippen LogP contribution is -2.04. The van der Waals surface area contributed by atoms with E-state index in [1.165, 1.54) is 26.4 Å². The summed E-state index contributed by atoms with van der Waals surface area (Å²) in [6.07, 6.45) is -2.00. The van der Waals surface area contributed by atoms with E-state index in [4.69, 9.17) is 19.4 Å². The molecule has 8 nitrogen and oxygen atoms in total. The summed E-state index contributed by atoms with van der Waals surface area (Å²) in [6, 6.07) is 11.3. The van der Waals surface area contributed by atoms with Gasteiger partial charge < -0.3 is 19.4 Å². The predicted octanol–water partition coefficient (Wildman–Crippen LogP) is 10.5. The van der Waals surface area contributed by atoms with E-state index >= 15 is 0 Å². The third-order valence-corrected chi connectivity index (χ3v) is 10.8. The third kappa shape index (κ3) is 7.11. The van der Waals surface area contributed by atoms with E-state index in [2.05, 4.69) is 23.8 Å². The molecule has 282 valence electrons. The van der Waals surface area contributed by atoms with Crippen LogP contribution in [0.15, 0.2) is 42.5 Å². The number of esters is 2. The van der Waals surface area contributed by atoms with Gasteiger partial charge in [0.1, 0.15) is 0 Å². The number of nitrogens with one attached hydrogen (secondary N) is 2. The SMILES string of the molecule is CCC1=C(C)c2cc3[nH]c(cc4[nH]c(cc5nc(c(-c6ccc(C(F)(F)F)cc6)c1n2)C(CC)=C5C)c(C)c4CCC(=O)OC)c(CCC(=O)OC)c3C. The van der Waals surface area contributed by atoms with Gasteiger partial charge in [-0.25, -0.2) is 9.97 Å². The van der Waals surface area contributed by atoms with Crippen molar-refractivity contribution in [3.8, 4) is 11.1 Å². The van der Waals surface area contributed by atoms with Crippen molar-refractivity contribution < 1.29 is 32.2 Å². The molecule has 3 aromatic heterocycles. The lowest BCUT2D eigenvalue weighted by Gasteiger charge is -2.13. The Morgan fingerprint density at radius 2 is 1.09 bits per heavy atom. The molecule has 0 unspecified atom stereocenters. The molecule has 54 heavy (non-hydrogen) atoms. The summed E-state index contributed by atoms with van der Waals surface area (Å²) in [5.41, 5.74) is 14.2. The molecule has 0 saturated heterocycles. The second-order valence-corrected chi connectivity index (χ2v) is 13.8. The van der Waals surface area contributed by atoms with Gasteiger partial charge in [0.25, 0.3) is 0 Å². The average Bonchev–Trinajstić information content (AvgIpc) is 3.82. The van der Waals surface area contributed by atoms with Crippen LogP contribution in [0.2, 0.25) is 0 Å². The summed E-state index contributed by atoms with van der Waals surface area (Å²) in [5.74, 6) is -0.644. The molecular weight excluding hydrogens is 693 g/mol. The minimum Gasteiger partial charge on any atom is -0.469 e. The number of carbonyl (C=O) groups is 2. The Balaban J connectivity index is 1.80. The molecule has 2 aliphatic heterocycles. The normalized spacial score (nSPS) is 13.2. The molecule has 1 aromatic carbocycles. The molecule has 2 aliphatic rings. The zero-order chi connectivity index (χ0) is 39.1. The number of aryl methyl sites for hydroxylation is 4. The van der Waals surface area contributed by atoms with Crippen LogP contribution < -0.4 is 0 Å². The highest BCUT2D eigenvalue weighted by Crippen LogP contribution is 2.44. The van der Waals surface area contributed by atoms with Crippen LogP contribution in [0.5, 0.6) is 0 Å². The molecule has 6 rings (SSSR count). The van der Waals surface area contributed by atoms with E-state index in [0.29, 0.717) is 48.2 Å². The van der Waals surface area contributed by atoms with Gasteiger partial charge in [-0.15, -0.1) is 0 Å². The molecule has 0 saturated carbocycles. The number of carbonyl (C=O) groups excluding carboxylic acids is 2. The van der Waals surface area contributed by atoms with Crippen molar-refractivity contribution >= 4 is 56.3 Å². The second-order valence-electron chi connectivity index (χ2n) is 13.8. The lowest BCUT2D eigenvalue weighted by molar-refractivity contribution is -0.141. The molecule has 0 atom stereocenters. The number of methoxy groups -OCH3 is 2. The fourth-order valence-electron chi connectivity index (χ4n) is 7.59. The van der Waals surface area contributed by atoms with Gasteiger partial charge in [0.15, 0.2) is 0 Å². The first-order valence-electron chi connectivity index (χ1n) is 18.2.